The van der Waals surface area contributed by atoms with Crippen LogP contribution in [-0.4, -0.2) is 31.6 Å². The lowest BCUT2D eigenvalue weighted by Crippen LogP contribution is -2.07. The van der Waals surface area contributed by atoms with Gasteiger partial charge in [0, 0.05) is 13.0 Å². The first-order valence-corrected chi connectivity index (χ1v) is 8.00. The molecule has 1 N–H and O–H groups in total. The Bertz CT molecular complexity index is 584. The monoisotopic (exact) mass is 305 g/mol. The molecule has 0 atom stereocenters. The average molecular weight is 305 g/mol. The molecule has 1 heterocycles. The summed E-state index contributed by atoms with van der Waals surface area (Å²) in [5.41, 5.74) is 1.31. The molecule has 2 rings (SSSR count). The summed E-state index contributed by atoms with van der Waals surface area (Å²) in [6.45, 7) is 2.84. The average Bonchev–Trinajstić information content (AvgIpc) is 2.88. The number of rotatable bonds is 8. The van der Waals surface area contributed by atoms with Crippen LogP contribution in [0.25, 0.3) is 0 Å². The van der Waals surface area contributed by atoms with Gasteiger partial charge in [-0.25, -0.2) is 0 Å². The summed E-state index contributed by atoms with van der Waals surface area (Å²) in [5, 5.41) is 17.7. The van der Waals surface area contributed by atoms with E-state index in [-0.39, 0.29) is 5.75 Å². The van der Waals surface area contributed by atoms with Gasteiger partial charge in [-0.3, -0.25) is 4.79 Å². The summed E-state index contributed by atoms with van der Waals surface area (Å²) in [4.78, 5) is 10.7. The first-order valence-electron chi connectivity index (χ1n) is 7.01. The van der Waals surface area contributed by atoms with Crippen LogP contribution in [0, 0.1) is 0 Å². The smallest absolute Gasteiger partial charge is 0.313 e. The second-order valence-electron chi connectivity index (χ2n) is 4.68. The number of benzene rings is 1. The fourth-order valence-corrected chi connectivity index (χ4v) is 2.83. The fourth-order valence-electron chi connectivity index (χ4n) is 2.12. The predicted octanol–water partition coefficient (Wildman–Crippen LogP) is 2.65. The van der Waals surface area contributed by atoms with Crippen LogP contribution in [0.15, 0.2) is 35.5 Å². The Morgan fingerprint density at radius 2 is 2.05 bits per heavy atom. The van der Waals surface area contributed by atoms with Crippen molar-refractivity contribution in [2.75, 3.05) is 5.75 Å². The van der Waals surface area contributed by atoms with Crippen LogP contribution in [0.1, 0.15) is 24.7 Å². The van der Waals surface area contributed by atoms with E-state index >= 15 is 0 Å². The Morgan fingerprint density at radius 1 is 1.29 bits per heavy atom. The minimum Gasteiger partial charge on any atom is -0.481 e. The van der Waals surface area contributed by atoms with E-state index in [2.05, 4.69) is 22.3 Å². The van der Waals surface area contributed by atoms with Crippen molar-refractivity contribution in [3.05, 3.63) is 41.7 Å². The minimum absolute atomic E-state index is 0.0144. The predicted molar refractivity (Wildman–Crippen MR) is 82.5 cm³/mol. The molecule has 0 aliphatic carbocycles. The molecule has 0 bridgehead atoms. The molecule has 0 aliphatic rings. The van der Waals surface area contributed by atoms with Crippen molar-refractivity contribution in [3.8, 4) is 0 Å². The van der Waals surface area contributed by atoms with Crippen molar-refractivity contribution in [2.24, 2.45) is 0 Å². The third-order valence-corrected chi connectivity index (χ3v) is 4.08. The van der Waals surface area contributed by atoms with Crippen LogP contribution in [0.4, 0.5) is 0 Å². The maximum absolute atomic E-state index is 10.7. The number of carbonyl (C=O) groups is 1. The van der Waals surface area contributed by atoms with Gasteiger partial charge in [0.1, 0.15) is 5.82 Å². The number of aliphatic carboxylic acids is 1. The Kier molecular flexibility index (Phi) is 5.80. The number of aromatic nitrogens is 3. The Labute approximate surface area is 128 Å². The number of hydrogen-bond donors (Lipinski definition) is 1. The number of thioether (sulfide) groups is 1. The van der Waals surface area contributed by atoms with Crippen LogP contribution in [0.5, 0.6) is 0 Å². The lowest BCUT2D eigenvalue weighted by atomic mass is 10.1. The molecule has 1 aromatic heterocycles. The molecule has 0 spiro atoms. The molecule has 0 radical (unpaired) electrons. The third-order valence-electron chi connectivity index (χ3n) is 3.12. The Morgan fingerprint density at radius 3 is 2.71 bits per heavy atom. The van der Waals surface area contributed by atoms with E-state index in [9.17, 15) is 4.79 Å². The standard InChI is InChI=1S/C15H19N3O2S/c1-2-13-16-17-15(21-11-14(19)20)18(13)10-6-9-12-7-4-3-5-8-12/h3-5,7-8H,2,6,9-11H2,1H3,(H,19,20). The maximum Gasteiger partial charge on any atom is 0.313 e. The number of carboxylic acid groups (broad SMARTS) is 1. The molecule has 21 heavy (non-hydrogen) atoms. The fraction of sp³-hybridized carbons (Fsp3) is 0.400. The van der Waals surface area contributed by atoms with E-state index in [1.807, 2.05) is 29.7 Å². The highest BCUT2D eigenvalue weighted by Crippen LogP contribution is 2.18. The Hall–Kier alpha value is -1.82. The first-order chi connectivity index (χ1) is 10.2. The second-order valence-corrected chi connectivity index (χ2v) is 5.62. The number of carboxylic acids is 1. The van der Waals surface area contributed by atoms with Gasteiger partial charge in [-0.15, -0.1) is 10.2 Å². The van der Waals surface area contributed by atoms with E-state index in [0.29, 0.717) is 5.16 Å². The number of aryl methyl sites for hydroxylation is 2. The van der Waals surface area contributed by atoms with E-state index in [0.717, 1.165) is 31.6 Å². The van der Waals surface area contributed by atoms with Gasteiger partial charge in [0.05, 0.1) is 5.75 Å². The van der Waals surface area contributed by atoms with Crippen molar-refractivity contribution in [1.29, 1.82) is 0 Å². The van der Waals surface area contributed by atoms with Gasteiger partial charge in [-0.2, -0.15) is 0 Å². The summed E-state index contributed by atoms with van der Waals surface area (Å²) < 4.78 is 2.04. The second kappa shape index (κ2) is 7.83. The van der Waals surface area contributed by atoms with Crippen LogP contribution >= 0.6 is 11.8 Å². The quantitative estimate of drug-likeness (QED) is 0.759. The molecule has 112 valence electrons. The highest BCUT2D eigenvalue weighted by atomic mass is 32.2. The van der Waals surface area contributed by atoms with E-state index in [1.165, 1.54) is 17.3 Å². The van der Waals surface area contributed by atoms with Gasteiger partial charge in [0.25, 0.3) is 0 Å². The van der Waals surface area contributed by atoms with Crippen LogP contribution in [0.3, 0.4) is 0 Å². The molecule has 0 unspecified atom stereocenters. The molecular weight excluding hydrogens is 286 g/mol. The Balaban J connectivity index is 1.97. The molecule has 0 saturated carbocycles. The zero-order valence-corrected chi connectivity index (χ0v) is 12.8. The van der Waals surface area contributed by atoms with Gasteiger partial charge in [0.2, 0.25) is 0 Å². The summed E-state index contributed by atoms with van der Waals surface area (Å²) in [6, 6.07) is 10.3. The van der Waals surface area contributed by atoms with E-state index in [4.69, 9.17) is 5.11 Å². The zero-order valence-electron chi connectivity index (χ0n) is 12.0. The molecule has 0 aliphatic heterocycles. The largest absolute Gasteiger partial charge is 0.481 e. The van der Waals surface area contributed by atoms with Crippen molar-refractivity contribution < 1.29 is 9.90 Å². The van der Waals surface area contributed by atoms with Crippen LogP contribution < -0.4 is 0 Å². The normalized spacial score (nSPS) is 10.7. The summed E-state index contributed by atoms with van der Waals surface area (Å²) >= 11 is 1.23. The minimum atomic E-state index is -0.836. The molecule has 6 heteroatoms. The van der Waals surface area contributed by atoms with E-state index in [1.54, 1.807) is 0 Å². The molecule has 1 aromatic carbocycles. The van der Waals surface area contributed by atoms with Crippen LogP contribution in [-0.2, 0) is 24.2 Å². The highest BCUT2D eigenvalue weighted by molar-refractivity contribution is 7.99. The zero-order chi connectivity index (χ0) is 15.1. The van der Waals surface area contributed by atoms with Gasteiger partial charge < -0.3 is 9.67 Å². The van der Waals surface area contributed by atoms with Crippen molar-refractivity contribution in [1.82, 2.24) is 14.8 Å². The van der Waals surface area contributed by atoms with Gasteiger partial charge in [-0.05, 0) is 18.4 Å². The number of nitrogens with zero attached hydrogens (tertiary/aromatic N) is 3. The van der Waals surface area contributed by atoms with Gasteiger partial charge >= 0.3 is 5.97 Å². The lowest BCUT2D eigenvalue weighted by Gasteiger charge is -2.08. The molecule has 0 saturated heterocycles. The van der Waals surface area contributed by atoms with Gasteiger partial charge in [0.15, 0.2) is 5.16 Å². The summed E-state index contributed by atoms with van der Waals surface area (Å²) in [6.07, 6.45) is 2.77. The molecule has 0 amide bonds. The van der Waals surface area contributed by atoms with Crippen molar-refractivity contribution >= 4 is 17.7 Å². The van der Waals surface area contributed by atoms with Crippen molar-refractivity contribution in [3.63, 3.8) is 0 Å². The molecular formula is C15H19N3O2S. The highest BCUT2D eigenvalue weighted by Gasteiger charge is 2.12. The third kappa shape index (κ3) is 4.60. The SMILES string of the molecule is CCc1nnc(SCC(=O)O)n1CCCc1ccccc1. The lowest BCUT2D eigenvalue weighted by molar-refractivity contribution is -0.133. The van der Waals surface area contributed by atoms with Crippen LogP contribution in [0.2, 0.25) is 0 Å². The maximum atomic E-state index is 10.7. The van der Waals surface area contributed by atoms with Gasteiger partial charge in [-0.1, -0.05) is 49.0 Å². The summed E-state index contributed by atoms with van der Waals surface area (Å²) in [7, 11) is 0. The van der Waals surface area contributed by atoms with E-state index < -0.39 is 5.97 Å². The molecule has 0 fully saturated rings. The van der Waals surface area contributed by atoms with Crippen molar-refractivity contribution in [2.45, 2.75) is 37.9 Å². The first kappa shape index (κ1) is 15.6. The molecule has 2 aromatic rings. The topological polar surface area (TPSA) is 68.0 Å². The summed E-state index contributed by atoms with van der Waals surface area (Å²) in [5.74, 6) is 0.0911. The molecule has 5 nitrogen and oxygen atoms in total. The number of hydrogen-bond acceptors (Lipinski definition) is 4.